The lowest BCUT2D eigenvalue weighted by atomic mass is 10.1. The minimum absolute atomic E-state index is 0.0867. The van der Waals surface area contributed by atoms with Gasteiger partial charge < -0.3 is 9.97 Å². The van der Waals surface area contributed by atoms with Gasteiger partial charge in [0.2, 0.25) is 10.0 Å². The highest BCUT2D eigenvalue weighted by atomic mass is 32.2. The van der Waals surface area contributed by atoms with Crippen molar-refractivity contribution in [1.29, 1.82) is 0 Å². The number of hydrogen-bond acceptors (Lipinski definition) is 5. The standard InChI is InChI=1S/C19H14FN3O4S2/c20-12-5-3-11(4-6-12)17(16-2-1-9-28-16)23-29(26,27)13-7-8-14-15(10-13)22-19(25)18(24)21-14/h1-10,17,23H,(H,21,24)(H,22,25)/t17-/m1/s1. The van der Waals surface area contributed by atoms with Crippen LogP contribution in [0.4, 0.5) is 4.39 Å². The largest absolute Gasteiger partial charge is 0.316 e. The molecule has 10 heteroatoms. The second kappa shape index (κ2) is 7.39. The molecule has 0 spiro atoms. The molecular formula is C19H14FN3O4S2. The Morgan fingerprint density at radius 1 is 0.931 bits per heavy atom. The Kier molecular flexibility index (Phi) is 4.91. The van der Waals surface area contributed by atoms with Crippen LogP contribution in [-0.2, 0) is 10.0 Å². The molecule has 0 aliphatic carbocycles. The molecule has 0 amide bonds. The molecule has 2 aromatic carbocycles. The van der Waals surface area contributed by atoms with E-state index in [2.05, 4.69) is 14.7 Å². The van der Waals surface area contributed by atoms with Crippen LogP contribution in [0.3, 0.4) is 0 Å². The van der Waals surface area contributed by atoms with Gasteiger partial charge in [0.05, 0.1) is 22.0 Å². The second-order valence-corrected chi connectivity index (χ2v) is 8.93. The van der Waals surface area contributed by atoms with Crippen LogP contribution in [0.25, 0.3) is 11.0 Å². The molecule has 0 bridgehead atoms. The van der Waals surface area contributed by atoms with Crippen molar-refractivity contribution in [2.45, 2.75) is 10.9 Å². The minimum Gasteiger partial charge on any atom is -0.316 e. The van der Waals surface area contributed by atoms with E-state index in [4.69, 9.17) is 0 Å². The van der Waals surface area contributed by atoms with E-state index in [1.54, 1.807) is 12.1 Å². The molecule has 0 unspecified atom stereocenters. The molecular weight excluding hydrogens is 417 g/mol. The quantitative estimate of drug-likeness (QED) is 0.422. The number of aromatic amines is 2. The van der Waals surface area contributed by atoms with Gasteiger partial charge in [0.1, 0.15) is 5.82 Å². The number of rotatable bonds is 5. The number of fused-ring (bicyclic) bond motifs is 1. The maximum Gasteiger partial charge on any atom is 0.314 e. The van der Waals surface area contributed by atoms with Crippen LogP contribution in [0.5, 0.6) is 0 Å². The van der Waals surface area contributed by atoms with Crippen molar-refractivity contribution in [2.24, 2.45) is 0 Å². The van der Waals surface area contributed by atoms with Crippen LogP contribution < -0.4 is 15.8 Å². The molecule has 0 fully saturated rings. The summed E-state index contributed by atoms with van der Waals surface area (Å²) in [7, 11) is -4.01. The Balaban J connectivity index is 1.76. The van der Waals surface area contributed by atoms with Crippen molar-refractivity contribution >= 4 is 32.4 Å². The summed E-state index contributed by atoms with van der Waals surface area (Å²) in [5.74, 6) is -0.422. The predicted octanol–water partition coefficient (Wildman–Crippen LogP) is 2.48. The normalized spacial score (nSPS) is 12.9. The molecule has 2 heterocycles. The fourth-order valence-corrected chi connectivity index (χ4v) is 4.99. The smallest absolute Gasteiger partial charge is 0.314 e. The van der Waals surface area contributed by atoms with Crippen LogP contribution in [0, 0.1) is 5.82 Å². The van der Waals surface area contributed by atoms with Gasteiger partial charge in [0, 0.05) is 4.88 Å². The molecule has 0 aliphatic rings. The predicted molar refractivity (Wildman–Crippen MR) is 108 cm³/mol. The van der Waals surface area contributed by atoms with Gasteiger partial charge in [-0.15, -0.1) is 11.3 Å². The first kappa shape index (κ1) is 19.2. The number of sulfonamides is 1. The van der Waals surface area contributed by atoms with E-state index < -0.39 is 33.0 Å². The molecule has 148 valence electrons. The third kappa shape index (κ3) is 3.90. The van der Waals surface area contributed by atoms with Crippen LogP contribution in [-0.4, -0.2) is 18.4 Å². The molecule has 4 aromatic rings. The highest BCUT2D eigenvalue weighted by Gasteiger charge is 2.24. The van der Waals surface area contributed by atoms with Gasteiger partial charge in [-0.2, -0.15) is 4.72 Å². The molecule has 3 N–H and O–H groups in total. The number of benzene rings is 2. The molecule has 2 aromatic heterocycles. The van der Waals surface area contributed by atoms with Gasteiger partial charge >= 0.3 is 11.1 Å². The first-order chi connectivity index (χ1) is 13.8. The van der Waals surface area contributed by atoms with E-state index in [1.165, 1.54) is 53.8 Å². The summed E-state index contributed by atoms with van der Waals surface area (Å²) in [4.78, 5) is 28.4. The van der Waals surface area contributed by atoms with E-state index in [9.17, 15) is 22.4 Å². The Bertz CT molecular complexity index is 1390. The van der Waals surface area contributed by atoms with Gasteiger partial charge in [0.15, 0.2) is 0 Å². The zero-order valence-electron chi connectivity index (χ0n) is 14.7. The summed E-state index contributed by atoms with van der Waals surface area (Å²) in [6.45, 7) is 0. The first-order valence-corrected chi connectivity index (χ1v) is 10.8. The molecule has 0 saturated heterocycles. The Labute approximate surface area is 167 Å². The Morgan fingerprint density at radius 3 is 2.28 bits per heavy atom. The number of aromatic nitrogens is 2. The Morgan fingerprint density at radius 2 is 1.62 bits per heavy atom. The van der Waals surface area contributed by atoms with Gasteiger partial charge in [-0.1, -0.05) is 18.2 Å². The van der Waals surface area contributed by atoms with E-state index in [1.807, 2.05) is 5.38 Å². The molecule has 7 nitrogen and oxygen atoms in total. The van der Waals surface area contributed by atoms with Crippen LogP contribution in [0.2, 0.25) is 0 Å². The van der Waals surface area contributed by atoms with Crippen molar-refractivity contribution in [1.82, 2.24) is 14.7 Å². The van der Waals surface area contributed by atoms with Crippen LogP contribution in [0.15, 0.2) is 74.5 Å². The lowest BCUT2D eigenvalue weighted by Crippen LogP contribution is -2.30. The lowest BCUT2D eigenvalue weighted by molar-refractivity contribution is 0.573. The molecule has 29 heavy (non-hydrogen) atoms. The van der Waals surface area contributed by atoms with E-state index in [0.29, 0.717) is 11.1 Å². The first-order valence-electron chi connectivity index (χ1n) is 8.41. The fourth-order valence-electron chi connectivity index (χ4n) is 2.89. The summed E-state index contributed by atoms with van der Waals surface area (Å²) in [5, 5.41) is 1.82. The maximum absolute atomic E-state index is 13.3. The minimum atomic E-state index is -4.01. The summed E-state index contributed by atoms with van der Waals surface area (Å²) in [6, 6.07) is 12.4. The maximum atomic E-state index is 13.3. The Hall–Kier alpha value is -3.08. The third-order valence-corrected chi connectivity index (χ3v) is 6.67. The summed E-state index contributed by atoms with van der Waals surface area (Å²) in [6.07, 6.45) is 0. The number of nitrogens with one attached hydrogen (secondary N) is 3. The van der Waals surface area contributed by atoms with Crippen LogP contribution in [0.1, 0.15) is 16.5 Å². The molecule has 4 rings (SSSR count). The lowest BCUT2D eigenvalue weighted by Gasteiger charge is -2.18. The average molecular weight is 431 g/mol. The monoisotopic (exact) mass is 431 g/mol. The molecule has 1 atom stereocenters. The average Bonchev–Trinajstić information content (AvgIpc) is 3.22. The van der Waals surface area contributed by atoms with Crippen molar-refractivity contribution in [3.63, 3.8) is 0 Å². The van der Waals surface area contributed by atoms with E-state index in [0.717, 1.165) is 4.88 Å². The topological polar surface area (TPSA) is 112 Å². The number of H-pyrrole nitrogens is 2. The van der Waals surface area contributed by atoms with Crippen LogP contribution >= 0.6 is 11.3 Å². The van der Waals surface area contributed by atoms with Crippen molar-refractivity contribution in [3.05, 3.63) is 96.9 Å². The summed E-state index contributed by atoms with van der Waals surface area (Å²) < 4.78 is 42.0. The zero-order chi connectivity index (χ0) is 20.6. The molecule has 0 saturated carbocycles. The fraction of sp³-hybridized carbons (Fsp3) is 0.0526. The summed E-state index contributed by atoms with van der Waals surface area (Å²) in [5.41, 5.74) is -0.618. The van der Waals surface area contributed by atoms with Crippen molar-refractivity contribution in [2.75, 3.05) is 0 Å². The zero-order valence-corrected chi connectivity index (χ0v) is 16.3. The van der Waals surface area contributed by atoms with Crippen molar-refractivity contribution in [3.8, 4) is 0 Å². The van der Waals surface area contributed by atoms with E-state index in [-0.39, 0.29) is 10.4 Å². The summed E-state index contributed by atoms with van der Waals surface area (Å²) >= 11 is 1.36. The van der Waals surface area contributed by atoms with E-state index >= 15 is 0 Å². The number of thiophene rings is 1. The SMILES string of the molecule is O=c1[nH]c2ccc(S(=O)(=O)N[C@H](c3ccc(F)cc3)c3cccs3)cc2[nH]c1=O. The van der Waals surface area contributed by atoms with Gasteiger partial charge in [0.25, 0.3) is 0 Å². The van der Waals surface area contributed by atoms with Gasteiger partial charge in [-0.25, -0.2) is 12.8 Å². The van der Waals surface area contributed by atoms with Crippen molar-refractivity contribution < 1.29 is 12.8 Å². The second-order valence-electron chi connectivity index (χ2n) is 6.24. The molecule has 0 radical (unpaired) electrons. The highest BCUT2D eigenvalue weighted by molar-refractivity contribution is 7.89. The number of halogens is 1. The van der Waals surface area contributed by atoms with Gasteiger partial charge in [-0.3, -0.25) is 9.59 Å². The third-order valence-electron chi connectivity index (χ3n) is 4.31. The van der Waals surface area contributed by atoms with Gasteiger partial charge in [-0.05, 0) is 47.3 Å². The number of hydrogen-bond donors (Lipinski definition) is 3. The molecule has 0 aliphatic heterocycles. The highest BCUT2D eigenvalue weighted by Crippen LogP contribution is 2.28.